The Bertz CT molecular complexity index is 615. The summed E-state index contributed by atoms with van der Waals surface area (Å²) in [5.74, 6) is -0.880. The first-order valence-corrected chi connectivity index (χ1v) is 8.59. The van der Waals surface area contributed by atoms with E-state index >= 15 is 0 Å². The molecule has 23 heavy (non-hydrogen) atoms. The van der Waals surface area contributed by atoms with E-state index in [0.29, 0.717) is 12.8 Å². The Morgan fingerprint density at radius 3 is 2.22 bits per heavy atom. The SMILES string of the molecule is CCOC(=O)C1(C(=O)OCC)CCc2c(ccc3c2CCC3)C1. The van der Waals surface area contributed by atoms with Gasteiger partial charge in [0.1, 0.15) is 0 Å². The number of esters is 2. The molecule has 124 valence electrons. The molecule has 0 fully saturated rings. The van der Waals surface area contributed by atoms with Gasteiger partial charge < -0.3 is 9.47 Å². The zero-order chi connectivity index (χ0) is 16.4. The highest BCUT2D eigenvalue weighted by atomic mass is 16.6. The van der Waals surface area contributed by atoms with Gasteiger partial charge in [-0.15, -0.1) is 0 Å². The first-order chi connectivity index (χ1) is 11.1. The Balaban J connectivity index is 1.97. The van der Waals surface area contributed by atoms with Crippen molar-refractivity contribution in [3.63, 3.8) is 0 Å². The van der Waals surface area contributed by atoms with Crippen LogP contribution in [0.3, 0.4) is 0 Å². The molecule has 4 heteroatoms. The van der Waals surface area contributed by atoms with Gasteiger partial charge in [0.25, 0.3) is 0 Å². The fourth-order valence-electron chi connectivity index (χ4n) is 3.99. The molecule has 0 atom stereocenters. The number of ether oxygens (including phenoxy) is 2. The average molecular weight is 316 g/mol. The first kappa shape index (κ1) is 16.0. The maximum absolute atomic E-state index is 12.6. The fourth-order valence-corrected chi connectivity index (χ4v) is 3.99. The maximum Gasteiger partial charge on any atom is 0.323 e. The molecule has 0 saturated carbocycles. The van der Waals surface area contributed by atoms with Crippen molar-refractivity contribution in [3.05, 3.63) is 34.4 Å². The van der Waals surface area contributed by atoms with E-state index in [2.05, 4.69) is 12.1 Å². The zero-order valence-corrected chi connectivity index (χ0v) is 13.9. The Morgan fingerprint density at radius 1 is 0.957 bits per heavy atom. The molecule has 0 aromatic heterocycles. The van der Waals surface area contributed by atoms with E-state index in [1.54, 1.807) is 13.8 Å². The lowest BCUT2D eigenvalue weighted by Gasteiger charge is -2.34. The molecule has 2 aliphatic rings. The van der Waals surface area contributed by atoms with Gasteiger partial charge in [0.2, 0.25) is 0 Å². The summed E-state index contributed by atoms with van der Waals surface area (Å²) < 4.78 is 10.4. The minimum absolute atomic E-state index is 0.275. The highest BCUT2D eigenvalue weighted by Gasteiger charge is 2.51. The van der Waals surface area contributed by atoms with E-state index in [1.807, 2.05) is 0 Å². The number of hydrogen-bond donors (Lipinski definition) is 0. The lowest BCUT2D eigenvalue weighted by molar-refractivity contribution is -0.173. The third kappa shape index (κ3) is 2.64. The summed E-state index contributed by atoms with van der Waals surface area (Å²) in [5, 5.41) is 0. The van der Waals surface area contributed by atoms with Crippen LogP contribution in [-0.4, -0.2) is 25.2 Å². The highest BCUT2D eigenvalue weighted by Crippen LogP contribution is 2.41. The van der Waals surface area contributed by atoms with Crippen molar-refractivity contribution in [2.75, 3.05) is 13.2 Å². The smallest absolute Gasteiger partial charge is 0.323 e. The van der Waals surface area contributed by atoms with Gasteiger partial charge in [-0.3, -0.25) is 9.59 Å². The fraction of sp³-hybridized carbons (Fsp3) is 0.579. The molecule has 0 amide bonds. The van der Waals surface area contributed by atoms with Gasteiger partial charge in [-0.05, 0) is 74.6 Å². The molecule has 2 aliphatic carbocycles. The van der Waals surface area contributed by atoms with Gasteiger partial charge in [-0.1, -0.05) is 12.1 Å². The van der Waals surface area contributed by atoms with E-state index < -0.39 is 17.4 Å². The topological polar surface area (TPSA) is 52.6 Å². The largest absolute Gasteiger partial charge is 0.465 e. The third-order valence-electron chi connectivity index (χ3n) is 5.12. The molecule has 0 radical (unpaired) electrons. The second-order valence-electron chi connectivity index (χ2n) is 6.39. The van der Waals surface area contributed by atoms with Gasteiger partial charge >= 0.3 is 11.9 Å². The van der Waals surface area contributed by atoms with Crippen LogP contribution in [0.1, 0.15) is 48.9 Å². The van der Waals surface area contributed by atoms with Crippen molar-refractivity contribution in [1.29, 1.82) is 0 Å². The molecule has 4 nitrogen and oxygen atoms in total. The van der Waals surface area contributed by atoms with Gasteiger partial charge in [-0.25, -0.2) is 0 Å². The molecule has 0 bridgehead atoms. The minimum Gasteiger partial charge on any atom is -0.465 e. The quantitative estimate of drug-likeness (QED) is 0.633. The number of aryl methyl sites for hydroxylation is 1. The first-order valence-electron chi connectivity index (χ1n) is 8.59. The molecule has 0 heterocycles. The predicted molar refractivity (Wildman–Crippen MR) is 86.2 cm³/mol. The Kier molecular flexibility index (Phi) is 4.42. The number of hydrogen-bond acceptors (Lipinski definition) is 4. The average Bonchev–Trinajstić information content (AvgIpc) is 3.03. The van der Waals surface area contributed by atoms with Crippen LogP contribution in [0.5, 0.6) is 0 Å². The van der Waals surface area contributed by atoms with Crippen molar-refractivity contribution in [2.45, 2.75) is 52.4 Å². The number of benzene rings is 1. The lowest BCUT2D eigenvalue weighted by Crippen LogP contribution is -2.46. The van der Waals surface area contributed by atoms with Crippen molar-refractivity contribution in [1.82, 2.24) is 0 Å². The van der Waals surface area contributed by atoms with E-state index in [0.717, 1.165) is 24.8 Å². The van der Waals surface area contributed by atoms with Gasteiger partial charge in [-0.2, -0.15) is 0 Å². The summed E-state index contributed by atoms with van der Waals surface area (Å²) in [6.45, 7) is 4.08. The maximum atomic E-state index is 12.6. The van der Waals surface area contributed by atoms with Gasteiger partial charge in [0.05, 0.1) is 13.2 Å². The van der Waals surface area contributed by atoms with Crippen LogP contribution >= 0.6 is 0 Å². The van der Waals surface area contributed by atoms with E-state index in [9.17, 15) is 9.59 Å². The standard InChI is InChI=1S/C19H24O4/c1-3-22-17(20)19(18(21)23-4-2)11-10-16-14(12-19)9-8-13-6-5-7-15(13)16/h8-9H,3-7,10-12H2,1-2H3. The van der Waals surface area contributed by atoms with Crippen LogP contribution < -0.4 is 0 Å². The molecular formula is C19H24O4. The molecule has 3 rings (SSSR count). The summed E-state index contributed by atoms with van der Waals surface area (Å²) in [6.07, 6.45) is 5.08. The second-order valence-corrected chi connectivity index (χ2v) is 6.39. The van der Waals surface area contributed by atoms with E-state index in [1.165, 1.54) is 23.1 Å². The molecule has 0 spiro atoms. The second kappa shape index (κ2) is 6.34. The minimum atomic E-state index is -1.17. The molecular weight excluding hydrogens is 292 g/mol. The highest BCUT2D eigenvalue weighted by molar-refractivity contribution is 6.00. The summed E-state index contributed by atoms with van der Waals surface area (Å²) >= 11 is 0. The molecule has 0 unspecified atom stereocenters. The predicted octanol–water partition coefficient (Wildman–Crippen LogP) is 2.78. The Labute approximate surface area is 137 Å². The van der Waals surface area contributed by atoms with Crippen molar-refractivity contribution in [3.8, 4) is 0 Å². The van der Waals surface area contributed by atoms with Crippen molar-refractivity contribution < 1.29 is 19.1 Å². The zero-order valence-electron chi connectivity index (χ0n) is 13.9. The number of carbonyl (C=O) groups is 2. The molecule has 0 aliphatic heterocycles. The lowest BCUT2D eigenvalue weighted by atomic mass is 9.70. The third-order valence-corrected chi connectivity index (χ3v) is 5.12. The molecule has 0 saturated heterocycles. The van der Waals surface area contributed by atoms with Crippen LogP contribution in [0, 0.1) is 5.41 Å². The van der Waals surface area contributed by atoms with E-state index in [-0.39, 0.29) is 13.2 Å². The molecule has 1 aromatic carbocycles. The monoisotopic (exact) mass is 316 g/mol. The number of fused-ring (bicyclic) bond motifs is 3. The van der Waals surface area contributed by atoms with Crippen LogP contribution in [-0.2, 0) is 44.7 Å². The van der Waals surface area contributed by atoms with E-state index in [4.69, 9.17) is 9.47 Å². The summed E-state index contributed by atoms with van der Waals surface area (Å²) in [5.41, 5.74) is 4.17. The molecule has 0 N–H and O–H groups in total. The molecule has 1 aromatic rings. The number of carbonyl (C=O) groups excluding carboxylic acids is 2. The number of rotatable bonds is 4. The van der Waals surface area contributed by atoms with Crippen LogP contribution in [0.25, 0.3) is 0 Å². The summed E-state index contributed by atoms with van der Waals surface area (Å²) in [7, 11) is 0. The van der Waals surface area contributed by atoms with Crippen molar-refractivity contribution >= 4 is 11.9 Å². The van der Waals surface area contributed by atoms with Crippen LogP contribution in [0.15, 0.2) is 12.1 Å². The summed E-state index contributed by atoms with van der Waals surface area (Å²) in [4.78, 5) is 25.1. The summed E-state index contributed by atoms with van der Waals surface area (Å²) in [6, 6.07) is 4.25. The Hall–Kier alpha value is -1.84. The van der Waals surface area contributed by atoms with Gasteiger partial charge in [0.15, 0.2) is 5.41 Å². The van der Waals surface area contributed by atoms with Crippen LogP contribution in [0.2, 0.25) is 0 Å². The normalized spacial score (nSPS) is 18.0. The van der Waals surface area contributed by atoms with Crippen LogP contribution in [0.4, 0.5) is 0 Å². The van der Waals surface area contributed by atoms with Gasteiger partial charge in [0, 0.05) is 0 Å². The van der Waals surface area contributed by atoms with Crippen molar-refractivity contribution in [2.24, 2.45) is 5.41 Å². The Morgan fingerprint density at radius 2 is 1.57 bits per heavy atom.